The molecule has 1 aliphatic rings. The molecule has 0 aromatic heterocycles. The third-order valence-corrected chi connectivity index (χ3v) is 4.36. The normalized spacial score (nSPS) is 28.6. The van der Waals surface area contributed by atoms with Crippen molar-refractivity contribution < 1.29 is 0 Å². The van der Waals surface area contributed by atoms with Crippen LogP contribution in [0.3, 0.4) is 0 Å². The fourth-order valence-corrected chi connectivity index (χ4v) is 3.31. The number of rotatable bonds is 3. The molecule has 1 nitrogen and oxygen atoms in total. The Morgan fingerprint density at radius 3 is 2.71 bits per heavy atom. The van der Waals surface area contributed by atoms with E-state index >= 15 is 0 Å². The molecule has 1 aromatic carbocycles. The van der Waals surface area contributed by atoms with Crippen LogP contribution < -0.4 is 5.32 Å². The summed E-state index contributed by atoms with van der Waals surface area (Å²) in [4.78, 5) is 0. The van der Waals surface area contributed by atoms with E-state index in [1.165, 1.54) is 24.0 Å². The van der Waals surface area contributed by atoms with Gasteiger partial charge in [-0.25, -0.2) is 0 Å². The van der Waals surface area contributed by atoms with E-state index in [9.17, 15) is 0 Å². The van der Waals surface area contributed by atoms with Gasteiger partial charge in [0.1, 0.15) is 0 Å². The van der Waals surface area contributed by atoms with Crippen molar-refractivity contribution in [3.05, 3.63) is 34.9 Å². The predicted molar refractivity (Wildman–Crippen MR) is 74.5 cm³/mol. The number of nitrogens with one attached hydrogen (secondary N) is 1. The van der Waals surface area contributed by atoms with Crippen LogP contribution in [0.5, 0.6) is 0 Å². The van der Waals surface area contributed by atoms with Crippen molar-refractivity contribution in [3.8, 4) is 0 Å². The van der Waals surface area contributed by atoms with Gasteiger partial charge in [-0.05, 0) is 56.2 Å². The Morgan fingerprint density at radius 2 is 2.00 bits per heavy atom. The van der Waals surface area contributed by atoms with Crippen LogP contribution in [-0.4, -0.2) is 12.6 Å². The predicted octanol–water partition coefficient (Wildman–Crippen LogP) is 3.80. The van der Waals surface area contributed by atoms with E-state index in [0.717, 1.165) is 18.4 Å². The fraction of sp³-hybridized carbons (Fsp3) is 0.625. The zero-order valence-corrected chi connectivity index (χ0v) is 11.6. The quantitative estimate of drug-likeness (QED) is 0.834. The molecule has 3 atom stereocenters. The van der Waals surface area contributed by atoms with Crippen molar-refractivity contribution in [3.63, 3.8) is 0 Å². The molecule has 0 saturated heterocycles. The van der Waals surface area contributed by atoms with Crippen LogP contribution in [0.25, 0.3) is 0 Å². The molecule has 1 aromatic rings. The molecule has 1 N–H and O–H groups in total. The molecule has 0 amide bonds. The molecule has 94 valence electrons. The lowest BCUT2D eigenvalue weighted by molar-refractivity contribution is 0.411. The molecule has 3 unspecified atom stereocenters. The topological polar surface area (TPSA) is 12.0 Å². The van der Waals surface area contributed by atoms with Crippen molar-refractivity contribution in [2.24, 2.45) is 5.92 Å². The standard InChI is InChI=1S/C16H25N/c1-5-17-16-9-8-14(13(16)4)15-10-11(2)6-7-12(15)3/h6-7,10,13-14,16-17H,5,8-9H2,1-4H3. The third-order valence-electron chi connectivity index (χ3n) is 4.36. The van der Waals surface area contributed by atoms with Gasteiger partial charge >= 0.3 is 0 Å². The molecule has 1 fully saturated rings. The molecular formula is C16H25N. The molecule has 2 rings (SSSR count). The summed E-state index contributed by atoms with van der Waals surface area (Å²) >= 11 is 0. The zero-order chi connectivity index (χ0) is 12.4. The summed E-state index contributed by atoms with van der Waals surface area (Å²) in [5, 5.41) is 3.63. The highest BCUT2D eigenvalue weighted by Crippen LogP contribution is 2.40. The molecule has 1 aliphatic carbocycles. The van der Waals surface area contributed by atoms with Crippen LogP contribution in [0.2, 0.25) is 0 Å². The van der Waals surface area contributed by atoms with Gasteiger partial charge in [-0.15, -0.1) is 0 Å². The summed E-state index contributed by atoms with van der Waals surface area (Å²) in [5.74, 6) is 1.51. The smallest absolute Gasteiger partial charge is 0.00986 e. The van der Waals surface area contributed by atoms with Crippen molar-refractivity contribution in [2.45, 2.75) is 52.5 Å². The van der Waals surface area contributed by atoms with E-state index in [4.69, 9.17) is 0 Å². The summed E-state index contributed by atoms with van der Waals surface area (Å²) in [6.07, 6.45) is 2.66. The lowest BCUT2D eigenvalue weighted by atomic mass is 9.85. The highest BCUT2D eigenvalue weighted by atomic mass is 14.9. The number of aryl methyl sites for hydroxylation is 2. The molecular weight excluding hydrogens is 206 g/mol. The summed E-state index contributed by atoms with van der Waals surface area (Å²) in [6, 6.07) is 7.60. The Morgan fingerprint density at radius 1 is 1.24 bits per heavy atom. The Balaban J connectivity index is 2.20. The molecule has 0 heterocycles. The molecule has 17 heavy (non-hydrogen) atoms. The molecule has 1 heteroatoms. The summed E-state index contributed by atoms with van der Waals surface area (Å²) in [5.41, 5.74) is 4.44. The second kappa shape index (κ2) is 5.22. The number of benzene rings is 1. The van der Waals surface area contributed by atoms with Gasteiger partial charge in [0.25, 0.3) is 0 Å². The van der Waals surface area contributed by atoms with Gasteiger partial charge in [-0.2, -0.15) is 0 Å². The first-order chi connectivity index (χ1) is 8.13. The average molecular weight is 231 g/mol. The van der Waals surface area contributed by atoms with Gasteiger partial charge in [0.05, 0.1) is 0 Å². The Labute approximate surface area is 106 Å². The monoisotopic (exact) mass is 231 g/mol. The van der Waals surface area contributed by atoms with Gasteiger partial charge in [-0.1, -0.05) is 37.6 Å². The van der Waals surface area contributed by atoms with Gasteiger partial charge < -0.3 is 5.32 Å². The highest BCUT2D eigenvalue weighted by Gasteiger charge is 2.33. The van der Waals surface area contributed by atoms with Crippen LogP contribution in [0.4, 0.5) is 0 Å². The number of hydrogen-bond acceptors (Lipinski definition) is 1. The minimum Gasteiger partial charge on any atom is -0.314 e. The Kier molecular flexibility index (Phi) is 3.88. The zero-order valence-electron chi connectivity index (χ0n) is 11.6. The largest absolute Gasteiger partial charge is 0.314 e. The second-order valence-corrected chi connectivity index (χ2v) is 5.57. The van der Waals surface area contributed by atoms with E-state index in [0.29, 0.717) is 6.04 Å². The Bertz CT molecular complexity index is 383. The van der Waals surface area contributed by atoms with Crippen LogP contribution >= 0.6 is 0 Å². The second-order valence-electron chi connectivity index (χ2n) is 5.57. The van der Waals surface area contributed by atoms with Gasteiger partial charge in [0.15, 0.2) is 0 Å². The third kappa shape index (κ3) is 2.55. The first kappa shape index (κ1) is 12.6. The van der Waals surface area contributed by atoms with Crippen molar-refractivity contribution >= 4 is 0 Å². The van der Waals surface area contributed by atoms with Gasteiger partial charge in [0, 0.05) is 6.04 Å². The molecule has 0 radical (unpaired) electrons. The fourth-order valence-electron chi connectivity index (χ4n) is 3.31. The van der Waals surface area contributed by atoms with Crippen LogP contribution in [0, 0.1) is 19.8 Å². The first-order valence-electron chi connectivity index (χ1n) is 6.94. The molecule has 0 spiro atoms. The van der Waals surface area contributed by atoms with E-state index < -0.39 is 0 Å². The Hall–Kier alpha value is -0.820. The molecule has 0 bridgehead atoms. The molecule has 0 aliphatic heterocycles. The average Bonchev–Trinajstić information content (AvgIpc) is 2.65. The molecule has 1 saturated carbocycles. The van der Waals surface area contributed by atoms with Crippen LogP contribution in [-0.2, 0) is 0 Å². The van der Waals surface area contributed by atoms with E-state index in [1.54, 1.807) is 5.56 Å². The first-order valence-corrected chi connectivity index (χ1v) is 6.94. The van der Waals surface area contributed by atoms with Crippen molar-refractivity contribution in [2.75, 3.05) is 6.54 Å². The summed E-state index contributed by atoms with van der Waals surface area (Å²) in [6.45, 7) is 10.2. The number of hydrogen-bond donors (Lipinski definition) is 1. The maximum atomic E-state index is 3.63. The summed E-state index contributed by atoms with van der Waals surface area (Å²) < 4.78 is 0. The highest BCUT2D eigenvalue weighted by molar-refractivity contribution is 5.34. The van der Waals surface area contributed by atoms with Gasteiger partial charge in [0.2, 0.25) is 0 Å². The van der Waals surface area contributed by atoms with Crippen LogP contribution in [0.1, 0.15) is 49.3 Å². The maximum absolute atomic E-state index is 3.63. The van der Waals surface area contributed by atoms with Gasteiger partial charge in [-0.3, -0.25) is 0 Å². The van der Waals surface area contributed by atoms with Crippen molar-refractivity contribution in [1.29, 1.82) is 0 Å². The van der Waals surface area contributed by atoms with E-state index in [2.05, 4.69) is 51.2 Å². The van der Waals surface area contributed by atoms with Crippen LogP contribution in [0.15, 0.2) is 18.2 Å². The van der Waals surface area contributed by atoms with E-state index in [-0.39, 0.29) is 0 Å². The summed E-state index contributed by atoms with van der Waals surface area (Å²) in [7, 11) is 0. The maximum Gasteiger partial charge on any atom is 0.00986 e. The lowest BCUT2D eigenvalue weighted by Gasteiger charge is -2.23. The SMILES string of the molecule is CCNC1CCC(c2cc(C)ccc2C)C1C. The lowest BCUT2D eigenvalue weighted by Crippen LogP contribution is -2.32. The van der Waals surface area contributed by atoms with Crippen molar-refractivity contribution in [1.82, 2.24) is 5.32 Å². The minimum atomic E-state index is 0.713. The minimum absolute atomic E-state index is 0.713. The van der Waals surface area contributed by atoms with E-state index in [1.807, 2.05) is 0 Å².